The van der Waals surface area contributed by atoms with Crippen molar-refractivity contribution in [3.63, 3.8) is 0 Å². The minimum Gasteiger partial charge on any atom is -0.396 e. The Morgan fingerprint density at radius 1 is 1.18 bits per heavy atom. The van der Waals surface area contributed by atoms with Crippen molar-refractivity contribution < 1.29 is 9.90 Å². The highest BCUT2D eigenvalue weighted by atomic mass is 16.3. The van der Waals surface area contributed by atoms with E-state index in [1.54, 1.807) is 0 Å². The SMILES string of the molecule is CN1CCN([C@@H]2CCN(C(=O)c3ccc4cc[nH]c4c3)C[C@@H]2CCCO)CC1. The second-order valence-electron chi connectivity index (χ2n) is 8.35. The van der Waals surface area contributed by atoms with Gasteiger partial charge in [-0.25, -0.2) is 0 Å². The van der Waals surface area contributed by atoms with Crippen molar-refractivity contribution >= 4 is 16.8 Å². The van der Waals surface area contributed by atoms with Crippen LogP contribution in [0.15, 0.2) is 30.5 Å². The highest BCUT2D eigenvalue weighted by Gasteiger charge is 2.35. The lowest BCUT2D eigenvalue weighted by molar-refractivity contribution is 0.0218. The molecule has 0 radical (unpaired) electrons. The summed E-state index contributed by atoms with van der Waals surface area (Å²) in [6.07, 6.45) is 4.72. The van der Waals surface area contributed by atoms with Crippen LogP contribution in [0.2, 0.25) is 0 Å². The monoisotopic (exact) mass is 384 g/mol. The number of nitrogens with zero attached hydrogens (tertiary/aromatic N) is 3. The van der Waals surface area contributed by atoms with Crippen molar-refractivity contribution in [3.05, 3.63) is 36.0 Å². The summed E-state index contributed by atoms with van der Waals surface area (Å²) in [6, 6.07) is 8.46. The molecule has 0 aliphatic carbocycles. The summed E-state index contributed by atoms with van der Waals surface area (Å²) >= 11 is 0. The summed E-state index contributed by atoms with van der Waals surface area (Å²) in [5.41, 5.74) is 1.77. The normalized spacial score (nSPS) is 24.7. The van der Waals surface area contributed by atoms with Gasteiger partial charge < -0.3 is 19.9 Å². The Morgan fingerprint density at radius 3 is 2.79 bits per heavy atom. The average molecular weight is 385 g/mol. The first-order valence-electron chi connectivity index (χ1n) is 10.6. The second kappa shape index (κ2) is 8.64. The molecule has 2 N–H and O–H groups in total. The molecule has 2 aliphatic heterocycles. The number of likely N-dealkylation sites (tertiary alicyclic amines) is 1. The van der Waals surface area contributed by atoms with E-state index in [4.69, 9.17) is 0 Å². The summed E-state index contributed by atoms with van der Waals surface area (Å²) in [5, 5.41) is 10.5. The van der Waals surface area contributed by atoms with Gasteiger partial charge in [0.1, 0.15) is 0 Å². The number of amides is 1. The van der Waals surface area contributed by atoms with Gasteiger partial charge >= 0.3 is 0 Å². The maximum atomic E-state index is 13.2. The number of aromatic nitrogens is 1. The largest absolute Gasteiger partial charge is 0.396 e. The van der Waals surface area contributed by atoms with Gasteiger partial charge in [0, 0.05) is 69.2 Å². The van der Waals surface area contributed by atoms with Crippen LogP contribution in [0, 0.1) is 5.92 Å². The molecule has 2 saturated heterocycles. The minimum absolute atomic E-state index is 0.127. The Kier molecular flexibility index (Phi) is 5.99. The third kappa shape index (κ3) is 4.09. The second-order valence-corrected chi connectivity index (χ2v) is 8.35. The molecule has 152 valence electrons. The van der Waals surface area contributed by atoms with Crippen molar-refractivity contribution in [3.8, 4) is 0 Å². The summed E-state index contributed by atoms with van der Waals surface area (Å²) in [5.74, 6) is 0.560. The Hall–Kier alpha value is -1.89. The molecule has 2 aromatic rings. The Labute approximate surface area is 167 Å². The quantitative estimate of drug-likeness (QED) is 0.828. The zero-order chi connectivity index (χ0) is 19.5. The van der Waals surface area contributed by atoms with E-state index in [0.29, 0.717) is 12.0 Å². The molecule has 0 bridgehead atoms. The number of fused-ring (bicyclic) bond motifs is 1. The number of carbonyl (C=O) groups is 1. The molecular formula is C22H32N4O2. The van der Waals surface area contributed by atoms with Crippen LogP contribution in [0.3, 0.4) is 0 Å². The first-order valence-corrected chi connectivity index (χ1v) is 10.6. The van der Waals surface area contributed by atoms with Crippen molar-refractivity contribution in [1.29, 1.82) is 0 Å². The van der Waals surface area contributed by atoms with E-state index in [1.165, 1.54) is 0 Å². The van der Waals surface area contributed by atoms with Gasteiger partial charge in [-0.3, -0.25) is 9.69 Å². The molecule has 3 heterocycles. The molecule has 1 amide bonds. The Morgan fingerprint density at radius 2 is 2.00 bits per heavy atom. The standard InChI is InChI=1S/C22H32N4O2/c1-24-10-12-25(13-11-24)21-7-9-26(16-19(21)3-2-14-27)22(28)18-5-4-17-6-8-23-20(17)15-18/h4-6,8,15,19,21,23,27H,2-3,7,9-14,16H2,1H3/t19-,21+/m0/s1. The van der Waals surface area contributed by atoms with Crippen molar-refractivity contribution in [1.82, 2.24) is 19.7 Å². The van der Waals surface area contributed by atoms with Crippen molar-refractivity contribution in [2.75, 3.05) is 52.9 Å². The summed E-state index contributed by atoms with van der Waals surface area (Å²) < 4.78 is 0. The van der Waals surface area contributed by atoms with Crippen LogP contribution in [0.1, 0.15) is 29.6 Å². The molecule has 2 atom stereocenters. The number of rotatable bonds is 5. The number of likely N-dealkylation sites (N-methyl/N-ethyl adjacent to an activating group) is 1. The number of benzene rings is 1. The smallest absolute Gasteiger partial charge is 0.253 e. The number of piperazine rings is 1. The van der Waals surface area contributed by atoms with Gasteiger partial charge in [-0.1, -0.05) is 6.07 Å². The zero-order valence-corrected chi connectivity index (χ0v) is 16.8. The van der Waals surface area contributed by atoms with E-state index in [-0.39, 0.29) is 12.5 Å². The number of nitrogens with one attached hydrogen (secondary N) is 1. The van der Waals surface area contributed by atoms with E-state index < -0.39 is 0 Å². The lowest BCUT2D eigenvalue weighted by atomic mass is 9.86. The van der Waals surface area contributed by atoms with E-state index >= 15 is 0 Å². The van der Waals surface area contributed by atoms with Gasteiger partial charge in [0.05, 0.1) is 0 Å². The third-order valence-electron chi connectivity index (χ3n) is 6.52. The first kappa shape index (κ1) is 19.4. The molecule has 2 aliphatic rings. The van der Waals surface area contributed by atoms with E-state index in [9.17, 15) is 9.90 Å². The maximum Gasteiger partial charge on any atom is 0.253 e. The molecule has 4 rings (SSSR count). The van der Waals surface area contributed by atoms with Gasteiger partial charge in [-0.05, 0) is 55.8 Å². The highest BCUT2D eigenvalue weighted by molar-refractivity contribution is 5.98. The number of aromatic amines is 1. The number of H-pyrrole nitrogens is 1. The maximum absolute atomic E-state index is 13.2. The van der Waals surface area contributed by atoms with Crippen LogP contribution < -0.4 is 0 Å². The molecular weight excluding hydrogens is 352 g/mol. The van der Waals surface area contributed by atoms with Crippen LogP contribution in [-0.2, 0) is 0 Å². The predicted molar refractivity (Wildman–Crippen MR) is 111 cm³/mol. The first-order chi connectivity index (χ1) is 13.7. The topological polar surface area (TPSA) is 62.8 Å². The van der Waals surface area contributed by atoms with Crippen LogP contribution in [0.25, 0.3) is 10.9 Å². The van der Waals surface area contributed by atoms with E-state index in [0.717, 1.165) is 75.0 Å². The minimum atomic E-state index is 0.127. The fraction of sp³-hybridized carbons (Fsp3) is 0.591. The molecule has 6 nitrogen and oxygen atoms in total. The van der Waals surface area contributed by atoms with Crippen molar-refractivity contribution in [2.24, 2.45) is 5.92 Å². The molecule has 0 saturated carbocycles. The van der Waals surface area contributed by atoms with Crippen LogP contribution >= 0.6 is 0 Å². The number of piperidine rings is 1. The summed E-state index contributed by atoms with van der Waals surface area (Å²) in [7, 11) is 2.18. The van der Waals surface area contributed by atoms with Gasteiger partial charge in [0.15, 0.2) is 0 Å². The fourth-order valence-electron chi connectivity index (χ4n) is 4.84. The van der Waals surface area contributed by atoms with Crippen LogP contribution in [0.4, 0.5) is 0 Å². The Balaban J connectivity index is 1.46. The van der Waals surface area contributed by atoms with Gasteiger partial charge in [0.2, 0.25) is 0 Å². The molecule has 1 aromatic carbocycles. The number of hydrogen-bond acceptors (Lipinski definition) is 4. The summed E-state index contributed by atoms with van der Waals surface area (Å²) in [6.45, 7) is 6.27. The van der Waals surface area contributed by atoms with E-state index in [2.05, 4.69) is 21.8 Å². The highest BCUT2D eigenvalue weighted by Crippen LogP contribution is 2.28. The molecule has 1 aromatic heterocycles. The molecule has 6 heteroatoms. The number of aliphatic hydroxyl groups excluding tert-OH is 1. The number of carbonyl (C=O) groups excluding carboxylic acids is 1. The fourth-order valence-corrected chi connectivity index (χ4v) is 4.84. The summed E-state index contributed by atoms with van der Waals surface area (Å²) in [4.78, 5) is 23.4. The van der Waals surface area contributed by atoms with Crippen LogP contribution in [-0.4, -0.2) is 89.7 Å². The molecule has 0 spiro atoms. The third-order valence-corrected chi connectivity index (χ3v) is 6.52. The van der Waals surface area contributed by atoms with Gasteiger partial charge in [-0.15, -0.1) is 0 Å². The number of aliphatic hydroxyl groups is 1. The van der Waals surface area contributed by atoms with E-state index in [1.807, 2.05) is 35.4 Å². The van der Waals surface area contributed by atoms with Crippen molar-refractivity contribution in [2.45, 2.75) is 25.3 Å². The zero-order valence-electron chi connectivity index (χ0n) is 16.8. The van der Waals surface area contributed by atoms with Gasteiger partial charge in [-0.2, -0.15) is 0 Å². The van der Waals surface area contributed by atoms with Crippen LogP contribution in [0.5, 0.6) is 0 Å². The predicted octanol–water partition coefficient (Wildman–Crippen LogP) is 2.02. The molecule has 0 unspecified atom stereocenters. The lowest BCUT2D eigenvalue weighted by Gasteiger charge is -2.46. The lowest BCUT2D eigenvalue weighted by Crippen LogP contribution is -2.56. The molecule has 2 fully saturated rings. The molecule has 28 heavy (non-hydrogen) atoms. The Bertz CT molecular complexity index is 797. The van der Waals surface area contributed by atoms with Gasteiger partial charge in [0.25, 0.3) is 5.91 Å². The number of hydrogen-bond donors (Lipinski definition) is 2. The average Bonchev–Trinajstić information content (AvgIpc) is 3.20.